The van der Waals surface area contributed by atoms with Gasteiger partial charge in [0, 0.05) is 25.0 Å². The first-order chi connectivity index (χ1) is 14.6. The average Bonchev–Trinajstić information content (AvgIpc) is 3.19. The van der Waals surface area contributed by atoms with Gasteiger partial charge in [-0.1, -0.05) is 19.1 Å². The molecule has 2 N–H and O–H groups in total. The van der Waals surface area contributed by atoms with Crippen LogP contribution in [0.4, 0.5) is 16.2 Å². The van der Waals surface area contributed by atoms with Crippen molar-refractivity contribution in [3.05, 3.63) is 54.4 Å². The molecule has 2 fully saturated rings. The fourth-order valence-corrected chi connectivity index (χ4v) is 4.17. The lowest BCUT2D eigenvalue weighted by atomic mass is 9.88. The monoisotopic (exact) mass is 408 g/mol. The van der Waals surface area contributed by atoms with Crippen molar-refractivity contribution in [1.82, 2.24) is 9.88 Å². The molecule has 0 saturated carbocycles. The first-order valence-corrected chi connectivity index (χ1v) is 10.6. The number of nitrogens with one attached hydrogen (secondary N) is 2. The summed E-state index contributed by atoms with van der Waals surface area (Å²) in [5.41, 5.74) is 2.41. The molecule has 2 aliphatic heterocycles. The highest BCUT2D eigenvalue weighted by Gasteiger charge is 2.45. The van der Waals surface area contributed by atoms with E-state index in [1.807, 2.05) is 35.2 Å². The van der Waals surface area contributed by atoms with E-state index in [1.165, 1.54) is 5.56 Å². The molecule has 7 nitrogen and oxygen atoms in total. The fraction of sp³-hybridized carbons (Fsp3) is 0.435. The maximum absolute atomic E-state index is 12.6. The number of urea groups is 1. The Morgan fingerprint density at radius 2 is 1.87 bits per heavy atom. The molecule has 1 unspecified atom stereocenters. The van der Waals surface area contributed by atoms with E-state index in [1.54, 1.807) is 18.5 Å². The zero-order valence-electron chi connectivity index (χ0n) is 17.3. The molecule has 0 aliphatic carbocycles. The minimum Gasteiger partial charge on any atom is -0.362 e. The molecule has 1 atom stereocenters. The van der Waals surface area contributed by atoms with Crippen molar-refractivity contribution < 1.29 is 14.3 Å². The number of anilines is 2. The number of aryl methyl sites for hydroxylation is 1. The van der Waals surface area contributed by atoms with Crippen LogP contribution in [0.3, 0.4) is 0 Å². The highest BCUT2D eigenvalue weighted by molar-refractivity contribution is 5.94. The number of amides is 3. The number of carbonyl (C=O) groups is 2. The smallest absolute Gasteiger partial charge is 0.321 e. The molecule has 2 aliphatic rings. The summed E-state index contributed by atoms with van der Waals surface area (Å²) in [7, 11) is 0. The third-order valence-electron chi connectivity index (χ3n) is 6.05. The summed E-state index contributed by atoms with van der Waals surface area (Å²) in [6.45, 7) is 3.35. The molecular weight excluding hydrogens is 380 g/mol. The lowest BCUT2D eigenvalue weighted by Gasteiger charge is -2.39. The van der Waals surface area contributed by atoms with E-state index in [4.69, 9.17) is 4.74 Å². The Bertz CT molecular complexity index is 877. The van der Waals surface area contributed by atoms with Crippen molar-refractivity contribution in [2.45, 2.75) is 50.7 Å². The molecule has 158 valence electrons. The topological polar surface area (TPSA) is 83.6 Å². The lowest BCUT2D eigenvalue weighted by molar-refractivity contribution is -0.134. The summed E-state index contributed by atoms with van der Waals surface area (Å²) in [6, 6.07) is 11.4. The van der Waals surface area contributed by atoms with Gasteiger partial charge in [0.1, 0.15) is 6.10 Å². The number of aromatic nitrogens is 1. The maximum atomic E-state index is 12.6. The third-order valence-corrected chi connectivity index (χ3v) is 6.05. The van der Waals surface area contributed by atoms with Gasteiger partial charge in [0.05, 0.1) is 17.5 Å². The van der Waals surface area contributed by atoms with E-state index in [0.717, 1.165) is 31.4 Å². The van der Waals surface area contributed by atoms with E-state index < -0.39 is 6.10 Å². The molecule has 2 saturated heterocycles. The van der Waals surface area contributed by atoms with Crippen molar-refractivity contribution in [1.29, 1.82) is 0 Å². The van der Waals surface area contributed by atoms with Crippen LogP contribution in [0.1, 0.15) is 38.2 Å². The molecule has 30 heavy (non-hydrogen) atoms. The first kappa shape index (κ1) is 20.3. The molecule has 4 rings (SSSR count). The van der Waals surface area contributed by atoms with E-state index in [2.05, 4.69) is 22.5 Å². The van der Waals surface area contributed by atoms with Crippen molar-refractivity contribution in [3.8, 4) is 0 Å². The minimum absolute atomic E-state index is 0.0852. The molecule has 3 amide bonds. The number of piperidine rings is 1. The largest absolute Gasteiger partial charge is 0.362 e. The van der Waals surface area contributed by atoms with Crippen molar-refractivity contribution in [3.63, 3.8) is 0 Å². The van der Waals surface area contributed by atoms with E-state index >= 15 is 0 Å². The number of carbonyl (C=O) groups excluding carboxylic acids is 2. The fourth-order valence-electron chi connectivity index (χ4n) is 4.17. The SMILES string of the molecule is CCc1ccc(NC(=O)N2CCC3(CCC(C(=O)Nc4cccnc4)O3)CC2)cc1. The van der Waals surface area contributed by atoms with Crippen molar-refractivity contribution in [2.75, 3.05) is 23.7 Å². The normalized spacial score (nSPS) is 20.2. The number of hydrogen-bond acceptors (Lipinski definition) is 4. The first-order valence-electron chi connectivity index (χ1n) is 10.6. The number of hydrogen-bond donors (Lipinski definition) is 2. The van der Waals surface area contributed by atoms with E-state index in [0.29, 0.717) is 25.2 Å². The molecule has 3 heterocycles. The van der Waals surface area contributed by atoms with Crippen LogP contribution in [0.15, 0.2) is 48.8 Å². The summed E-state index contributed by atoms with van der Waals surface area (Å²) in [4.78, 5) is 31.0. The predicted molar refractivity (Wildman–Crippen MR) is 115 cm³/mol. The van der Waals surface area contributed by atoms with Gasteiger partial charge in [-0.3, -0.25) is 9.78 Å². The lowest BCUT2D eigenvalue weighted by Crippen LogP contribution is -2.48. The van der Waals surface area contributed by atoms with Gasteiger partial charge in [-0.15, -0.1) is 0 Å². The van der Waals surface area contributed by atoms with Gasteiger partial charge in [-0.25, -0.2) is 4.79 Å². The number of likely N-dealkylation sites (tertiary alicyclic amines) is 1. The second-order valence-corrected chi connectivity index (χ2v) is 8.03. The Morgan fingerprint density at radius 3 is 2.53 bits per heavy atom. The highest BCUT2D eigenvalue weighted by atomic mass is 16.5. The van der Waals surface area contributed by atoms with Gasteiger partial charge in [0.15, 0.2) is 0 Å². The predicted octanol–water partition coefficient (Wildman–Crippen LogP) is 3.83. The summed E-state index contributed by atoms with van der Waals surface area (Å²) >= 11 is 0. The number of nitrogens with zero attached hydrogens (tertiary/aromatic N) is 2. The average molecular weight is 409 g/mol. The van der Waals surface area contributed by atoms with Crippen LogP contribution in [0, 0.1) is 0 Å². The van der Waals surface area contributed by atoms with Gasteiger partial charge in [0.25, 0.3) is 5.91 Å². The molecule has 0 bridgehead atoms. The second kappa shape index (κ2) is 8.83. The number of ether oxygens (including phenoxy) is 1. The van der Waals surface area contributed by atoms with Gasteiger partial charge < -0.3 is 20.3 Å². The Balaban J connectivity index is 1.27. The summed E-state index contributed by atoms with van der Waals surface area (Å²) in [6.07, 6.45) is 6.83. The molecule has 0 radical (unpaired) electrons. The Labute approximate surface area is 176 Å². The summed E-state index contributed by atoms with van der Waals surface area (Å²) in [5, 5.41) is 5.84. The highest BCUT2D eigenvalue weighted by Crippen LogP contribution is 2.39. The van der Waals surface area contributed by atoms with Gasteiger partial charge >= 0.3 is 6.03 Å². The molecule has 1 spiro atoms. The Kier molecular flexibility index (Phi) is 5.99. The third kappa shape index (κ3) is 4.62. The number of rotatable bonds is 4. The Morgan fingerprint density at radius 1 is 1.10 bits per heavy atom. The zero-order chi connectivity index (χ0) is 21.0. The standard InChI is InChI=1S/C23H28N4O3/c1-2-17-5-7-18(8-6-17)26-22(29)27-14-11-23(12-15-27)10-9-20(30-23)21(28)25-19-4-3-13-24-16-19/h3-8,13,16,20H,2,9-12,14-15H2,1H3,(H,25,28)(H,26,29). The van der Waals surface area contributed by atoms with Crippen molar-refractivity contribution in [2.24, 2.45) is 0 Å². The molecule has 1 aromatic heterocycles. The maximum Gasteiger partial charge on any atom is 0.321 e. The Hall–Kier alpha value is -2.93. The van der Waals surface area contributed by atoms with Crippen LogP contribution >= 0.6 is 0 Å². The van der Waals surface area contributed by atoms with Crippen LogP contribution in [-0.2, 0) is 16.0 Å². The zero-order valence-corrected chi connectivity index (χ0v) is 17.3. The van der Waals surface area contributed by atoms with E-state index in [9.17, 15) is 9.59 Å². The summed E-state index contributed by atoms with van der Waals surface area (Å²) < 4.78 is 6.20. The van der Waals surface area contributed by atoms with Crippen molar-refractivity contribution >= 4 is 23.3 Å². The van der Waals surface area contributed by atoms with Gasteiger partial charge in [0.2, 0.25) is 0 Å². The van der Waals surface area contributed by atoms with Crippen LogP contribution in [-0.4, -0.2) is 46.6 Å². The van der Waals surface area contributed by atoms with Crippen LogP contribution in [0.5, 0.6) is 0 Å². The quantitative estimate of drug-likeness (QED) is 0.805. The summed E-state index contributed by atoms with van der Waals surface area (Å²) in [5.74, 6) is -0.129. The number of benzene rings is 1. The van der Waals surface area contributed by atoms with Gasteiger partial charge in [-0.05, 0) is 61.9 Å². The van der Waals surface area contributed by atoms with E-state index in [-0.39, 0.29) is 17.5 Å². The molecule has 2 aromatic rings. The number of pyridine rings is 1. The second-order valence-electron chi connectivity index (χ2n) is 8.03. The molecule has 1 aromatic carbocycles. The van der Waals surface area contributed by atoms with Gasteiger partial charge in [-0.2, -0.15) is 0 Å². The molecule has 7 heteroatoms. The van der Waals surface area contributed by atoms with Crippen LogP contribution < -0.4 is 10.6 Å². The molecular formula is C23H28N4O3. The minimum atomic E-state index is -0.456. The van der Waals surface area contributed by atoms with Crippen LogP contribution in [0.2, 0.25) is 0 Å². The van der Waals surface area contributed by atoms with Crippen LogP contribution in [0.25, 0.3) is 0 Å².